The van der Waals surface area contributed by atoms with Crippen molar-refractivity contribution in [1.82, 2.24) is 10.6 Å². The summed E-state index contributed by atoms with van der Waals surface area (Å²) in [6, 6.07) is 0. The lowest BCUT2D eigenvalue weighted by Crippen LogP contribution is -2.35. The standard InChI is InChI=1S/C11H22N2O3/c1-15-7-6-12-4-5-13-11(14)9-16-8-10-2-3-10/h10,12H,2-9H2,1H3,(H,13,14). The highest BCUT2D eigenvalue weighted by atomic mass is 16.5. The van der Waals surface area contributed by atoms with Crippen LogP contribution >= 0.6 is 0 Å². The molecule has 1 rings (SSSR count). The molecule has 5 nitrogen and oxygen atoms in total. The Balaban J connectivity index is 1.78. The minimum Gasteiger partial charge on any atom is -0.383 e. The van der Waals surface area contributed by atoms with Gasteiger partial charge in [0.25, 0.3) is 0 Å². The van der Waals surface area contributed by atoms with Gasteiger partial charge in [-0.2, -0.15) is 0 Å². The summed E-state index contributed by atoms with van der Waals surface area (Å²) < 4.78 is 10.1. The maximum Gasteiger partial charge on any atom is 0.246 e. The molecule has 0 bridgehead atoms. The van der Waals surface area contributed by atoms with Crippen molar-refractivity contribution in [3.63, 3.8) is 0 Å². The predicted octanol–water partition coefficient (Wildman–Crippen LogP) is -0.235. The molecule has 1 amide bonds. The van der Waals surface area contributed by atoms with Crippen LogP contribution in [0.5, 0.6) is 0 Å². The number of ether oxygens (including phenoxy) is 2. The average Bonchev–Trinajstić information content (AvgIpc) is 3.07. The van der Waals surface area contributed by atoms with Gasteiger partial charge in [0.1, 0.15) is 6.61 Å². The third kappa shape index (κ3) is 7.62. The monoisotopic (exact) mass is 230 g/mol. The molecule has 0 heterocycles. The molecule has 1 aliphatic carbocycles. The summed E-state index contributed by atoms with van der Waals surface area (Å²) in [6.45, 7) is 3.82. The van der Waals surface area contributed by atoms with Crippen molar-refractivity contribution in [2.45, 2.75) is 12.8 Å². The van der Waals surface area contributed by atoms with Crippen LogP contribution in [0.2, 0.25) is 0 Å². The highest BCUT2D eigenvalue weighted by molar-refractivity contribution is 5.77. The number of hydrogen-bond donors (Lipinski definition) is 2. The Bertz CT molecular complexity index is 196. The van der Waals surface area contributed by atoms with Crippen LogP contribution in [0.15, 0.2) is 0 Å². The molecule has 0 atom stereocenters. The molecule has 0 aromatic carbocycles. The van der Waals surface area contributed by atoms with Crippen LogP contribution in [-0.4, -0.2) is 52.5 Å². The van der Waals surface area contributed by atoms with Crippen molar-refractivity contribution in [2.24, 2.45) is 5.92 Å². The van der Waals surface area contributed by atoms with Crippen LogP contribution in [0.1, 0.15) is 12.8 Å². The fourth-order valence-electron chi connectivity index (χ4n) is 1.24. The van der Waals surface area contributed by atoms with E-state index >= 15 is 0 Å². The topological polar surface area (TPSA) is 59.6 Å². The number of rotatable bonds is 10. The SMILES string of the molecule is COCCNCCNC(=O)COCC1CC1. The largest absolute Gasteiger partial charge is 0.383 e. The zero-order chi connectivity index (χ0) is 11.6. The molecular weight excluding hydrogens is 208 g/mol. The summed E-state index contributed by atoms with van der Waals surface area (Å²) in [5.74, 6) is 0.678. The predicted molar refractivity (Wildman–Crippen MR) is 61.3 cm³/mol. The van der Waals surface area contributed by atoms with E-state index in [0.717, 1.165) is 19.7 Å². The van der Waals surface area contributed by atoms with Gasteiger partial charge in [-0.1, -0.05) is 0 Å². The van der Waals surface area contributed by atoms with Crippen LogP contribution < -0.4 is 10.6 Å². The Labute approximate surface area is 96.9 Å². The summed E-state index contributed by atoms with van der Waals surface area (Å²) in [5, 5.41) is 5.93. The second kappa shape index (κ2) is 8.50. The second-order valence-electron chi connectivity index (χ2n) is 4.05. The zero-order valence-corrected chi connectivity index (χ0v) is 9.96. The molecule has 2 N–H and O–H groups in total. The fourth-order valence-corrected chi connectivity index (χ4v) is 1.24. The molecule has 1 fully saturated rings. The molecule has 0 radical (unpaired) electrons. The Hall–Kier alpha value is -0.650. The first-order chi connectivity index (χ1) is 7.83. The summed E-state index contributed by atoms with van der Waals surface area (Å²) in [6.07, 6.45) is 2.51. The third-order valence-electron chi connectivity index (χ3n) is 2.39. The maximum absolute atomic E-state index is 11.2. The van der Waals surface area contributed by atoms with Gasteiger partial charge in [0, 0.05) is 26.7 Å². The maximum atomic E-state index is 11.2. The van der Waals surface area contributed by atoms with E-state index in [1.165, 1.54) is 12.8 Å². The summed E-state index contributed by atoms with van der Waals surface area (Å²) >= 11 is 0. The number of nitrogens with one attached hydrogen (secondary N) is 2. The van der Waals surface area contributed by atoms with Gasteiger partial charge in [0.15, 0.2) is 0 Å². The van der Waals surface area contributed by atoms with Crippen molar-refractivity contribution < 1.29 is 14.3 Å². The lowest BCUT2D eigenvalue weighted by molar-refractivity contribution is -0.125. The van der Waals surface area contributed by atoms with Gasteiger partial charge in [0.2, 0.25) is 5.91 Å². The van der Waals surface area contributed by atoms with E-state index in [2.05, 4.69) is 10.6 Å². The summed E-state index contributed by atoms with van der Waals surface area (Å²) in [7, 11) is 1.67. The molecule has 1 aliphatic rings. The number of hydrogen-bond acceptors (Lipinski definition) is 4. The van der Waals surface area contributed by atoms with Gasteiger partial charge in [-0.3, -0.25) is 4.79 Å². The van der Waals surface area contributed by atoms with Crippen molar-refractivity contribution in [3.8, 4) is 0 Å². The lowest BCUT2D eigenvalue weighted by Gasteiger charge is -2.06. The molecule has 5 heteroatoms. The van der Waals surface area contributed by atoms with E-state index in [-0.39, 0.29) is 12.5 Å². The normalized spacial score (nSPS) is 15.1. The number of amides is 1. The van der Waals surface area contributed by atoms with Crippen molar-refractivity contribution >= 4 is 5.91 Å². The van der Waals surface area contributed by atoms with Crippen molar-refractivity contribution in [3.05, 3.63) is 0 Å². The average molecular weight is 230 g/mol. The van der Waals surface area contributed by atoms with Gasteiger partial charge in [-0.05, 0) is 18.8 Å². The number of carbonyl (C=O) groups excluding carboxylic acids is 1. The molecule has 94 valence electrons. The van der Waals surface area contributed by atoms with Crippen molar-refractivity contribution in [2.75, 3.05) is 46.6 Å². The first-order valence-corrected chi connectivity index (χ1v) is 5.87. The van der Waals surface area contributed by atoms with E-state index < -0.39 is 0 Å². The van der Waals surface area contributed by atoms with E-state index in [0.29, 0.717) is 19.1 Å². The Morgan fingerprint density at radius 1 is 1.31 bits per heavy atom. The van der Waals surface area contributed by atoms with Gasteiger partial charge < -0.3 is 20.1 Å². The summed E-state index contributed by atoms with van der Waals surface area (Å²) in [4.78, 5) is 11.2. The van der Waals surface area contributed by atoms with Crippen molar-refractivity contribution in [1.29, 1.82) is 0 Å². The zero-order valence-electron chi connectivity index (χ0n) is 9.96. The highest BCUT2D eigenvalue weighted by Crippen LogP contribution is 2.28. The number of methoxy groups -OCH3 is 1. The molecule has 0 aromatic rings. The van der Waals surface area contributed by atoms with Crippen LogP contribution in [0, 0.1) is 5.92 Å². The molecule has 1 saturated carbocycles. The van der Waals surface area contributed by atoms with E-state index in [9.17, 15) is 4.79 Å². The Morgan fingerprint density at radius 2 is 2.12 bits per heavy atom. The fraction of sp³-hybridized carbons (Fsp3) is 0.909. The van der Waals surface area contributed by atoms with Gasteiger partial charge in [0.05, 0.1) is 13.2 Å². The van der Waals surface area contributed by atoms with Crippen LogP contribution in [0.4, 0.5) is 0 Å². The smallest absolute Gasteiger partial charge is 0.246 e. The molecule has 0 unspecified atom stereocenters. The quantitative estimate of drug-likeness (QED) is 0.509. The molecule has 0 aromatic heterocycles. The van der Waals surface area contributed by atoms with Crippen LogP contribution in [0.25, 0.3) is 0 Å². The highest BCUT2D eigenvalue weighted by Gasteiger charge is 2.21. The Morgan fingerprint density at radius 3 is 2.81 bits per heavy atom. The molecular formula is C11H22N2O3. The van der Waals surface area contributed by atoms with Gasteiger partial charge in [-0.25, -0.2) is 0 Å². The van der Waals surface area contributed by atoms with Crippen LogP contribution in [0.3, 0.4) is 0 Å². The Kier molecular flexibility index (Phi) is 7.12. The summed E-state index contributed by atoms with van der Waals surface area (Å²) in [5.41, 5.74) is 0. The minimum atomic E-state index is -0.0332. The lowest BCUT2D eigenvalue weighted by atomic mass is 10.5. The number of carbonyl (C=O) groups is 1. The van der Waals surface area contributed by atoms with Crippen LogP contribution in [-0.2, 0) is 14.3 Å². The first kappa shape index (κ1) is 13.4. The van der Waals surface area contributed by atoms with Gasteiger partial charge >= 0.3 is 0 Å². The first-order valence-electron chi connectivity index (χ1n) is 5.87. The molecule has 16 heavy (non-hydrogen) atoms. The van der Waals surface area contributed by atoms with E-state index in [1.807, 2.05) is 0 Å². The molecule has 0 spiro atoms. The van der Waals surface area contributed by atoms with Gasteiger partial charge in [-0.15, -0.1) is 0 Å². The third-order valence-corrected chi connectivity index (χ3v) is 2.39. The second-order valence-corrected chi connectivity index (χ2v) is 4.05. The van der Waals surface area contributed by atoms with E-state index in [1.54, 1.807) is 7.11 Å². The van der Waals surface area contributed by atoms with E-state index in [4.69, 9.17) is 9.47 Å². The molecule has 0 aliphatic heterocycles. The minimum absolute atomic E-state index is 0.0332. The molecule has 0 saturated heterocycles.